The highest BCUT2D eigenvalue weighted by Gasteiger charge is 2.41. The van der Waals surface area contributed by atoms with Gasteiger partial charge in [-0.3, -0.25) is 9.59 Å². The Morgan fingerprint density at radius 3 is 2.33 bits per heavy atom. The maximum atomic E-state index is 12.8. The van der Waals surface area contributed by atoms with Gasteiger partial charge in [-0.25, -0.2) is 0 Å². The molecule has 0 aromatic heterocycles. The molecule has 2 N–H and O–H groups in total. The summed E-state index contributed by atoms with van der Waals surface area (Å²) in [5.41, 5.74) is 5.49. The lowest BCUT2D eigenvalue weighted by Gasteiger charge is -2.39. The molecule has 2 aliphatic rings. The zero-order chi connectivity index (χ0) is 15.5. The van der Waals surface area contributed by atoms with E-state index in [9.17, 15) is 9.59 Å². The van der Waals surface area contributed by atoms with Crippen molar-refractivity contribution in [2.75, 3.05) is 33.2 Å². The van der Waals surface area contributed by atoms with Crippen LogP contribution in [0.25, 0.3) is 0 Å². The van der Waals surface area contributed by atoms with E-state index in [-0.39, 0.29) is 18.4 Å². The molecule has 5 nitrogen and oxygen atoms in total. The third-order valence-electron chi connectivity index (χ3n) is 5.25. The summed E-state index contributed by atoms with van der Waals surface area (Å²) in [4.78, 5) is 28.4. The summed E-state index contributed by atoms with van der Waals surface area (Å²) < 4.78 is 0. The van der Waals surface area contributed by atoms with Gasteiger partial charge in [0.05, 0.1) is 12.0 Å². The first-order valence-electron chi connectivity index (χ1n) is 8.22. The van der Waals surface area contributed by atoms with Gasteiger partial charge >= 0.3 is 0 Å². The van der Waals surface area contributed by atoms with Crippen LogP contribution in [-0.4, -0.2) is 54.8 Å². The van der Waals surface area contributed by atoms with Crippen molar-refractivity contribution in [1.82, 2.24) is 9.80 Å². The van der Waals surface area contributed by atoms with E-state index in [1.54, 1.807) is 11.9 Å². The van der Waals surface area contributed by atoms with E-state index < -0.39 is 5.41 Å². The molecule has 0 radical (unpaired) electrons. The molecule has 21 heavy (non-hydrogen) atoms. The largest absolute Gasteiger partial charge is 0.341 e. The predicted molar refractivity (Wildman–Crippen MR) is 82.6 cm³/mol. The number of carbonyl (C=O) groups is 2. The number of amides is 2. The molecule has 1 saturated heterocycles. The highest BCUT2D eigenvalue weighted by molar-refractivity contribution is 5.88. The van der Waals surface area contributed by atoms with Gasteiger partial charge in [0, 0.05) is 26.7 Å². The van der Waals surface area contributed by atoms with E-state index in [0.717, 1.165) is 51.6 Å². The molecule has 1 heterocycles. The summed E-state index contributed by atoms with van der Waals surface area (Å²) in [7, 11) is 1.74. The Hall–Kier alpha value is -1.10. The first-order chi connectivity index (χ1) is 9.98. The Morgan fingerprint density at radius 1 is 1.24 bits per heavy atom. The summed E-state index contributed by atoms with van der Waals surface area (Å²) in [5, 5.41) is 0. The van der Waals surface area contributed by atoms with E-state index in [0.29, 0.717) is 12.5 Å². The van der Waals surface area contributed by atoms with Gasteiger partial charge in [-0.2, -0.15) is 0 Å². The third kappa shape index (κ3) is 3.57. The first-order valence-corrected chi connectivity index (χ1v) is 8.22. The molecule has 0 spiro atoms. The van der Waals surface area contributed by atoms with Crippen LogP contribution >= 0.6 is 0 Å². The van der Waals surface area contributed by atoms with Crippen LogP contribution in [0.15, 0.2) is 0 Å². The molecule has 0 atom stereocenters. The highest BCUT2D eigenvalue weighted by Crippen LogP contribution is 2.39. The smallest absolute Gasteiger partial charge is 0.242 e. The van der Waals surface area contributed by atoms with Gasteiger partial charge in [0.2, 0.25) is 11.8 Å². The van der Waals surface area contributed by atoms with Gasteiger partial charge in [-0.05, 0) is 44.4 Å². The first kappa shape index (κ1) is 16.3. The quantitative estimate of drug-likeness (QED) is 0.848. The van der Waals surface area contributed by atoms with Crippen molar-refractivity contribution >= 4 is 11.8 Å². The van der Waals surface area contributed by atoms with Crippen LogP contribution in [0.5, 0.6) is 0 Å². The molecule has 1 aliphatic heterocycles. The normalized spacial score (nSPS) is 29.5. The number of nitrogens with two attached hydrogens (primary N) is 1. The van der Waals surface area contributed by atoms with E-state index in [1.165, 1.54) is 0 Å². The SMILES string of the molecule is CC1CCC(CN)(C(=O)N(C)CC(=O)N2CCCC2)CC1. The zero-order valence-corrected chi connectivity index (χ0v) is 13.4. The number of carbonyl (C=O) groups excluding carboxylic acids is 2. The summed E-state index contributed by atoms with van der Waals surface area (Å²) >= 11 is 0. The van der Waals surface area contributed by atoms with E-state index in [2.05, 4.69) is 6.92 Å². The molecule has 0 aromatic rings. The number of likely N-dealkylation sites (N-methyl/N-ethyl adjacent to an activating group) is 1. The lowest BCUT2D eigenvalue weighted by atomic mass is 9.70. The van der Waals surface area contributed by atoms with Gasteiger partial charge in [0.15, 0.2) is 0 Å². The molecule has 0 bridgehead atoms. The minimum absolute atomic E-state index is 0.0597. The van der Waals surface area contributed by atoms with Crippen molar-refractivity contribution in [3.63, 3.8) is 0 Å². The fraction of sp³-hybridized carbons (Fsp3) is 0.875. The predicted octanol–water partition coefficient (Wildman–Crippen LogP) is 1.22. The average Bonchev–Trinajstić information content (AvgIpc) is 3.02. The van der Waals surface area contributed by atoms with Crippen molar-refractivity contribution in [3.8, 4) is 0 Å². The Balaban J connectivity index is 1.95. The van der Waals surface area contributed by atoms with Crippen molar-refractivity contribution < 1.29 is 9.59 Å². The molecule has 1 saturated carbocycles. The maximum Gasteiger partial charge on any atom is 0.242 e. The Kier molecular flexibility index (Phi) is 5.25. The van der Waals surface area contributed by atoms with Crippen LogP contribution in [-0.2, 0) is 9.59 Å². The molecule has 120 valence electrons. The van der Waals surface area contributed by atoms with Crippen molar-refractivity contribution in [2.45, 2.75) is 45.4 Å². The summed E-state index contributed by atoms with van der Waals surface area (Å²) in [5.74, 6) is 0.804. The van der Waals surface area contributed by atoms with Crippen LogP contribution in [0.2, 0.25) is 0 Å². The summed E-state index contributed by atoms with van der Waals surface area (Å²) in [6, 6.07) is 0. The fourth-order valence-electron chi connectivity index (χ4n) is 3.57. The maximum absolute atomic E-state index is 12.8. The lowest BCUT2D eigenvalue weighted by Crippen LogP contribution is -2.51. The summed E-state index contributed by atoms with van der Waals surface area (Å²) in [6.45, 7) is 4.48. The van der Waals surface area contributed by atoms with Gasteiger partial charge in [-0.15, -0.1) is 0 Å². The topological polar surface area (TPSA) is 66.6 Å². The Morgan fingerprint density at radius 2 is 1.81 bits per heavy atom. The second kappa shape index (κ2) is 6.77. The van der Waals surface area contributed by atoms with Crippen LogP contribution in [0.4, 0.5) is 0 Å². The van der Waals surface area contributed by atoms with Crippen molar-refractivity contribution in [2.24, 2.45) is 17.1 Å². The Labute approximate surface area is 127 Å². The minimum Gasteiger partial charge on any atom is -0.341 e. The minimum atomic E-state index is -0.438. The van der Waals surface area contributed by atoms with Gasteiger partial charge < -0.3 is 15.5 Å². The van der Waals surface area contributed by atoms with Crippen molar-refractivity contribution in [1.29, 1.82) is 0 Å². The molecule has 2 amide bonds. The molecule has 0 unspecified atom stereocenters. The second-order valence-corrected chi connectivity index (χ2v) is 6.92. The highest BCUT2D eigenvalue weighted by atomic mass is 16.2. The number of likely N-dealkylation sites (tertiary alicyclic amines) is 1. The third-order valence-corrected chi connectivity index (χ3v) is 5.25. The van der Waals surface area contributed by atoms with E-state index >= 15 is 0 Å². The van der Waals surface area contributed by atoms with Crippen LogP contribution < -0.4 is 5.73 Å². The molecular formula is C16H29N3O2. The number of hydrogen-bond acceptors (Lipinski definition) is 3. The molecule has 0 aromatic carbocycles. The zero-order valence-electron chi connectivity index (χ0n) is 13.4. The molecule has 2 rings (SSSR count). The molecule has 1 aliphatic carbocycles. The standard InChI is InChI=1S/C16H29N3O2/c1-13-5-7-16(12-17,8-6-13)15(21)18(2)11-14(20)19-9-3-4-10-19/h13H,3-12,17H2,1-2H3. The van der Waals surface area contributed by atoms with Crippen molar-refractivity contribution in [3.05, 3.63) is 0 Å². The van der Waals surface area contributed by atoms with Gasteiger partial charge in [-0.1, -0.05) is 6.92 Å². The second-order valence-electron chi connectivity index (χ2n) is 6.92. The van der Waals surface area contributed by atoms with Crippen LogP contribution in [0.3, 0.4) is 0 Å². The van der Waals surface area contributed by atoms with Crippen LogP contribution in [0.1, 0.15) is 45.4 Å². The molecule has 5 heteroatoms. The average molecular weight is 295 g/mol. The monoisotopic (exact) mass is 295 g/mol. The number of nitrogens with zero attached hydrogens (tertiary/aromatic N) is 2. The Bertz CT molecular complexity index is 383. The van der Waals surface area contributed by atoms with Gasteiger partial charge in [0.25, 0.3) is 0 Å². The van der Waals surface area contributed by atoms with E-state index in [4.69, 9.17) is 5.73 Å². The fourth-order valence-corrected chi connectivity index (χ4v) is 3.57. The molecule has 2 fully saturated rings. The number of rotatable bonds is 4. The summed E-state index contributed by atoms with van der Waals surface area (Å²) in [6.07, 6.45) is 5.97. The number of hydrogen-bond donors (Lipinski definition) is 1. The van der Waals surface area contributed by atoms with E-state index in [1.807, 2.05) is 4.90 Å². The van der Waals surface area contributed by atoms with Gasteiger partial charge in [0.1, 0.15) is 0 Å². The van der Waals surface area contributed by atoms with Crippen LogP contribution in [0, 0.1) is 11.3 Å². The lowest BCUT2D eigenvalue weighted by molar-refractivity contribution is -0.147. The molecular weight excluding hydrogens is 266 g/mol.